The van der Waals surface area contributed by atoms with Crippen LogP contribution < -0.4 is 5.32 Å². The van der Waals surface area contributed by atoms with E-state index in [1.54, 1.807) is 42.5 Å². The summed E-state index contributed by atoms with van der Waals surface area (Å²) in [4.78, 5) is 23.6. The first-order chi connectivity index (χ1) is 9.99. The molecule has 2 N–H and O–H groups in total. The van der Waals surface area contributed by atoms with Gasteiger partial charge in [0.05, 0.1) is 5.56 Å². The number of amides is 1. The Labute approximate surface area is 140 Å². The predicted molar refractivity (Wildman–Crippen MR) is 88.5 cm³/mol. The van der Waals surface area contributed by atoms with Gasteiger partial charge in [-0.2, -0.15) is 0 Å². The molecule has 0 fully saturated rings. The first-order valence-corrected chi connectivity index (χ1v) is 7.48. The summed E-state index contributed by atoms with van der Waals surface area (Å²) >= 11 is 7.88. The number of nitrogens with one attached hydrogen (secondary N) is 1. The van der Waals surface area contributed by atoms with Crippen molar-refractivity contribution in [2.24, 2.45) is 0 Å². The summed E-state index contributed by atoms with van der Waals surface area (Å²) in [6.07, 6.45) is 0. The molecule has 0 saturated heterocycles. The number of carbonyl (C=O) groups excluding carboxylic acids is 1. The molecule has 0 radical (unpaired) electrons. The van der Waals surface area contributed by atoms with Crippen molar-refractivity contribution in [2.75, 3.05) is 0 Å². The Balaban J connectivity index is 2.27. The molecule has 0 bridgehead atoms. The summed E-state index contributed by atoms with van der Waals surface area (Å²) in [5, 5.41) is 12.2. The van der Waals surface area contributed by atoms with Crippen LogP contribution in [0.5, 0.6) is 0 Å². The van der Waals surface area contributed by atoms with E-state index in [0.29, 0.717) is 19.7 Å². The molecule has 0 aliphatic heterocycles. The molecule has 6 heteroatoms. The van der Waals surface area contributed by atoms with Crippen LogP contribution in [0.2, 0.25) is 5.02 Å². The zero-order chi connectivity index (χ0) is 15.4. The molecule has 21 heavy (non-hydrogen) atoms. The number of benzene rings is 2. The number of carbonyl (C=O) groups is 2. The Morgan fingerprint density at radius 1 is 1.14 bits per heavy atom. The van der Waals surface area contributed by atoms with E-state index >= 15 is 0 Å². The highest BCUT2D eigenvalue weighted by Crippen LogP contribution is 2.20. The van der Waals surface area contributed by atoms with Crippen molar-refractivity contribution < 1.29 is 14.7 Å². The van der Waals surface area contributed by atoms with Gasteiger partial charge >= 0.3 is 5.97 Å². The fraction of sp³-hybridized carbons (Fsp3) is 0.0667. The van der Waals surface area contributed by atoms with E-state index in [-0.39, 0.29) is 0 Å². The van der Waals surface area contributed by atoms with Crippen LogP contribution in [0.1, 0.15) is 22.0 Å². The zero-order valence-electron chi connectivity index (χ0n) is 10.7. The van der Waals surface area contributed by atoms with Crippen LogP contribution in [0.3, 0.4) is 0 Å². The van der Waals surface area contributed by atoms with Crippen LogP contribution in [0, 0.1) is 3.57 Å². The SMILES string of the molecule is O=C(NC(C(=O)O)c1ccccc1)c1cc(Cl)ccc1I. The van der Waals surface area contributed by atoms with Crippen LogP contribution in [0.25, 0.3) is 0 Å². The monoisotopic (exact) mass is 415 g/mol. The lowest BCUT2D eigenvalue weighted by molar-refractivity contribution is -0.139. The third-order valence-corrected chi connectivity index (χ3v) is 4.00. The molecule has 1 atom stereocenters. The standard InChI is InChI=1S/C15H11ClINO3/c16-10-6-7-12(17)11(8-10)14(19)18-13(15(20)21)9-4-2-1-3-5-9/h1-8,13H,(H,18,19)(H,20,21). The minimum absolute atomic E-state index is 0.352. The highest BCUT2D eigenvalue weighted by atomic mass is 127. The molecule has 2 aromatic rings. The zero-order valence-corrected chi connectivity index (χ0v) is 13.6. The lowest BCUT2D eigenvalue weighted by Crippen LogP contribution is -2.34. The van der Waals surface area contributed by atoms with E-state index in [0.717, 1.165) is 0 Å². The summed E-state index contributed by atoms with van der Waals surface area (Å²) in [5.74, 6) is -1.59. The van der Waals surface area contributed by atoms with Crippen molar-refractivity contribution >= 4 is 46.1 Å². The minimum atomic E-state index is -1.12. The normalized spacial score (nSPS) is 11.7. The van der Waals surface area contributed by atoms with Crippen molar-refractivity contribution in [1.82, 2.24) is 5.32 Å². The van der Waals surface area contributed by atoms with Crippen molar-refractivity contribution in [1.29, 1.82) is 0 Å². The molecular formula is C15H11ClINO3. The number of hydrogen-bond donors (Lipinski definition) is 2. The molecule has 0 saturated carbocycles. The van der Waals surface area contributed by atoms with E-state index in [4.69, 9.17) is 11.6 Å². The number of aliphatic carboxylic acids is 1. The van der Waals surface area contributed by atoms with Crippen molar-refractivity contribution in [3.05, 3.63) is 68.3 Å². The number of carboxylic acid groups (broad SMARTS) is 1. The summed E-state index contributed by atoms with van der Waals surface area (Å²) < 4.78 is 0.701. The molecule has 4 nitrogen and oxygen atoms in total. The van der Waals surface area contributed by atoms with Gasteiger partial charge in [-0.05, 0) is 46.4 Å². The molecule has 2 rings (SSSR count). The van der Waals surface area contributed by atoms with Crippen LogP contribution in [-0.2, 0) is 4.79 Å². The number of halogens is 2. The summed E-state index contributed by atoms with van der Waals surface area (Å²) in [7, 11) is 0. The lowest BCUT2D eigenvalue weighted by Gasteiger charge is -2.15. The van der Waals surface area contributed by atoms with Gasteiger partial charge in [-0.25, -0.2) is 4.79 Å². The maximum atomic E-state index is 12.3. The van der Waals surface area contributed by atoms with E-state index in [1.807, 2.05) is 22.6 Å². The quantitative estimate of drug-likeness (QED) is 0.751. The maximum Gasteiger partial charge on any atom is 0.330 e. The van der Waals surface area contributed by atoms with Crippen molar-refractivity contribution in [3.63, 3.8) is 0 Å². The van der Waals surface area contributed by atoms with Crippen molar-refractivity contribution in [2.45, 2.75) is 6.04 Å². The average molecular weight is 416 g/mol. The Kier molecular flexibility index (Phi) is 5.19. The van der Waals surface area contributed by atoms with Gasteiger partial charge in [0.2, 0.25) is 0 Å². The third kappa shape index (κ3) is 3.95. The molecule has 0 aliphatic carbocycles. The predicted octanol–water partition coefficient (Wildman–Crippen LogP) is 3.50. The average Bonchev–Trinajstić information content (AvgIpc) is 2.47. The Bertz CT molecular complexity index is 676. The van der Waals surface area contributed by atoms with E-state index in [1.165, 1.54) is 6.07 Å². The number of rotatable bonds is 4. The van der Waals surface area contributed by atoms with Crippen LogP contribution >= 0.6 is 34.2 Å². The van der Waals surface area contributed by atoms with E-state index < -0.39 is 17.9 Å². The van der Waals surface area contributed by atoms with Crippen LogP contribution in [0.4, 0.5) is 0 Å². The second-order valence-electron chi connectivity index (χ2n) is 4.28. The second kappa shape index (κ2) is 6.91. The first kappa shape index (κ1) is 15.8. The molecular weight excluding hydrogens is 405 g/mol. The highest BCUT2D eigenvalue weighted by Gasteiger charge is 2.23. The Morgan fingerprint density at radius 3 is 2.43 bits per heavy atom. The molecule has 1 unspecified atom stereocenters. The Morgan fingerprint density at radius 2 is 1.81 bits per heavy atom. The first-order valence-electron chi connectivity index (χ1n) is 6.02. The van der Waals surface area contributed by atoms with Gasteiger partial charge in [0.1, 0.15) is 0 Å². The van der Waals surface area contributed by atoms with E-state index in [2.05, 4.69) is 5.32 Å². The highest BCUT2D eigenvalue weighted by molar-refractivity contribution is 14.1. The fourth-order valence-electron chi connectivity index (χ4n) is 1.81. The van der Waals surface area contributed by atoms with Gasteiger partial charge < -0.3 is 10.4 Å². The lowest BCUT2D eigenvalue weighted by atomic mass is 10.1. The van der Waals surface area contributed by atoms with Gasteiger partial charge in [-0.15, -0.1) is 0 Å². The molecule has 0 heterocycles. The van der Waals surface area contributed by atoms with E-state index in [9.17, 15) is 14.7 Å². The molecule has 2 aromatic carbocycles. The molecule has 0 aliphatic rings. The topological polar surface area (TPSA) is 66.4 Å². The second-order valence-corrected chi connectivity index (χ2v) is 5.88. The molecule has 108 valence electrons. The summed E-state index contributed by atoms with van der Waals surface area (Å²) in [5.41, 5.74) is 0.862. The summed E-state index contributed by atoms with van der Waals surface area (Å²) in [6.45, 7) is 0. The van der Waals surface area contributed by atoms with Crippen molar-refractivity contribution in [3.8, 4) is 0 Å². The van der Waals surface area contributed by atoms with Gasteiger partial charge in [-0.1, -0.05) is 41.9 Å². The van der Waals surface area contributed by atoms with Gasteiger partial charge in [0.25, 0.3) is 5.91 Å². The molecule has 0 spiro atoms. The minimum Gasteiger partial charge on any atom is -0.479 e. The third-order valence-electron chi connectivity index (χ3n) is 2.83. The molecule has 0 aromatic heterocycles. The van der Waals surface area contributed by atoms with Gasteiger partial charge in [-0.3, -0.25) is 4.79 Å². The van der Waals surface area contributed by atoms with Crippen LogP contribution in [0.15, 0.2) is 48.5 Å². The fourth-order valence-corrected chi connectivity index (χ4v) is 2.57. The summed E-state index contributed by atoms with van der Waals surface area (Å²) in [6, 6.07) is 12.3. The van der Waals surface area contributed by atoms with Crippen LogP contribution in [-0.4, -0.2) is 17.0 Å². The number of carboxylic acids is 1. The number of hydrogen-bond acceptors (Lipinski definition) is 2. The largest absolute Gasteiger partial charge is 0.479 e. The maximum absolute atomic E-state index is 12.3. The molecule has 1 amide bonds. The Hall–Kier alpha value is -1.60. The van der Waals surface area contributed by atoms with Gasteiger partial charge in [0, 0.05) is 8.59 Å². The smallest absolute Gasteiger partial charge is 0.330 e. The van der Waals surface area contributed by atoms with Gasteiger partial charge in [0.15, 0.2) is 6.04 Å².